The molecule has 3 heteroatoms. The lowest BCUT2D eigenvalue weighted by Gasteiger charge is -2.25. The van der Waals surface area contributed by atoms with Gasteiger partial charge in [0.2, 0.25) is 0 Å². The third-order valence-electron chi connectivity index (χ3n) is 1.93. The molecule has 0 aliphatic carbocycles. The minimum absolute atomic E-state index is 0.0147. The number of rotatable bonds is 5. The average Bonchev–Trinajstić information content (AvgIpc) is 2.00. The summed E-state index contributed by atoms with van der Waals surface area (Å²) in [7, 11) is 0. The van der Waals surface area contributed by atoms with E-state index in [1.807, 2.05) is 0 Å². The minimum Gasteiger partial charge on any atom is -0.481 e. The molecule has 0 amide bonds. The van der Waals surface area contributed by atoms with E-state index >= 15 is 0 Å². The molecule has 0 aromatic rings. The monoisotopic (exact) mass is 213 g/mol. The number of aliphatic carboxylic acids is 1. The first kappa shape index (κ1) is 14.0. The molecule has 2 N–H and O–H groups in total. The maximum atomic E-state index is 10.7. The molecule has 0 heterocycles. The average molecular weight is 213 g/mol. The van der Waals surface area contributed by atoms with Gasteiger partial charge in [0.05, 0.1) is 5.92 Å². The molecule has 1 unspecified atom stereocenters. The van der Waals surface area contributed by atoms with Gasteiger partial charge in [0.25, 0.3) is 0 Å². The second-order valence-corrected chi connectivity index (χ2v) is 4.96. The van der Waals surface area contributed by atoms with E-state index in [9.17, 15) is 4.79 Å². The number of allylic oxidation sites excluding steroid dienone is 2. The Kier molecular flexibility index (Phi) is 5.40. The van der Waals surface area contributed by atoms with Crippen molar-refractivity contribution in [1.29, 1.82) is 0 Å². The van der Waals surface area contributed by atoms with Gasteiger partial charge in [-0.3, -0.25) is 4.79 Å². The van der Waals surface area contributed by atoms with Crippen molar-refractivity contribution in [2.75, 3.05) is 0 Å². The highest BCUT2D eigenvalue weighted by atomic mass is 16.4. The lowest BCUT2D eigenvalue weighted by molar-refractivity contribution is -0.141. The van der Waals surface area contributed by atoms with Crippen LogP contribution in [0, 0.1) is 5.92 Å². The van der Waals surface area contributed by atoms with Crippen LogP contribution in [0.25, 0.3) is 0 Å². The van der Waals surface area contributed by atoms with Gasteiger partial charge in [0.1, 0.15) is 0 Å². The summed E-state index contributed by atoms with van der Waals surface area (Å²) in [5.74, 6) is -1.08. The Morgan fingerprint density at radius 3 is 2.33 bits per heavy atom. The van der Waals surface area contributed by atoms with Crippen molar-refractivity contribution in [3.8, 4) is 0 Å². The lowest BCUT2D eigenvalue weighted by Crippen LogP contribution is -2.36. The van der Waals surface area contributed by atoms with E-state index < -0.39 is 5.97 Å². The molecule has 3 nitrogen and oxygen atoms in total. The van der Waals surface area contributed by atoms with E-state index in [2.05, 4.69) is 39.1 Å². The molecule has 15 heavy (non-hydrogen) atoms. The van der Waals surface area contributed by atoms with Gasteiger partial charge in [-0.2, -0.15) is 0 Å². The molecule has 1 atom stereocenters. The standard InChI is InChI=1S/C12H23NO2/c1-6-7-10(13-12(3,4)5)8-9(2)11(14)15/h7,9,13H,6,8H2,1-5H3,(H,14,15)/b10-7+. The minimum atomic E-state index is -0.743. The van der Waals surface area contributed by atoms with Crippen LogP contribution < -0.4 is 5.32 Å². The van der Waals surface area contributed by atoms with E-state index in [0.717, 1.165) is 12.1 Å². The van der Waals surface area contributed by atoms with Crippen molar-refractivity contribution in [1.82, 2.24) is 5.32 Å². The van der Waals surface area contributed by atoms with Crippen LogP contribution in [0.3, 0.4) is 0 Å². The van der Waals surface area contributed by atoms with E-state index in [0.29, 0.717) is 6.42 Å². The highest BCUT2D eigenvalue weighted by molar-refractivity contribution is 5.69. The molecule has 0 aromatic carbocycles. The van der Waals surface area contributed by atoms with Crippen LogP contribution in [-0.4, -0.2) is 16.6 Å². The zero-order valence-electron chi connectivity index (χ0n) is 10.4. The van der Waals surface area contributed by atoms with Crippen LogP contribution in [0.5, 0.6) is 0 Å². The highest BCUT2D eigenvalue weighted by Crippen LogP contribution is 2.14. The first-order valence-corrected chi connectivity index (χ1v) is 5.46. The number of hydrogen-bond donors (Lipinski definition) is 2. The zero-order valence-corrected chi connectivity index (χ0v) is 10.4. The molecule has 0 aliphatic heterocycles. The number of carboxylic acid groups (broad SMARTS) is 1. The summed E-state index contributed by atoms with van der Waals surface area (Å²) in [4.78, 5) is 10.7. The molecule has 0 rings (SSSR count). The van der Waals surface area contributed by atoms with Gasteiger partial charge in [-0.25, -0.2) is 0 Å². The van der Waals surface area contributed by atoms with E-state index in [1.54, 1.807) is 6.92 Å². The molecule has 0 aliphatic rings. The largest absolute Gasteiger partial charge is 0.481 e. The number of nitrogens with one attached hydrogen (secondary N) is 1. The molecule has 0 aromatic heterocycles. The Balaban J connectivity index is 4.43. The van der Waals surface area contributed by atoms with Crippen LogP contribution in [-0.2, 0) is 4.79 Å². The molecule has 0 radical (unpaired) electrons. The van der Waals surface area contributed by atoms with Crippen LogP contribution >= 0.6 is 0 Å². The smallest absolute Gasteiger partial charge is 0.306 e. The van der Waals surface area contributed by atoms with Gasteiger partial charge in [0, 0.05) is 11.2 Å². The van der Waals surface area contributed by atoms with E-state index in [-0.39, 0.29) is 11.5 Å². The summed E-state index contributed by atoms with van der Waals surface area (Å²) in [6, 6.07) is 0. The normalized spacial score (nSPS) is 14.9. The summed E-state index contributed by atoms with van der Waals surface area (Å²) in [5, 5.41) is 12.2. The van der Waals surface area contributed by atoms with Crippen molar-refractivity contribution in [2.24, 2.45) is 5.92 Å². The van der Waals surface area contributed by atoms with Crippen molar-refractivity contribution in [3.63, 3.8) is 0 Å². The summed E-state index contributed by atoms with van der Waals surface area (Å²) in [5.41, 5.74) is 1.01. The van der Waals surface area contributed by atoms with Gasteiger partial charge in [-0.1, -0.05) is 19.9 Å². The molecule has 0 saturated heterocycles. The Morgan fingerprint density at radius 2 is 2.00 bits per heavy atom. The molecular formula is C12H23NO2. The van der Waals surface area contributed by atoms with Crippen molar-refractivity contribution in [2.45, 2.75) is 53.0 Å². The predicted octanol–water partition coefficient (Wildman–Crippen LogP) is 2.78. The number of carbonyl (C=O) groups is 1. The summed E-state index contributed by atoms with van der Waals surface area (Å²) >= 11 is 0. The third kappa shape index (κ3) is 7.00. The highest BCUT2D eigenvalue weighted by Gasteiger charge is 2.16. The second kappa shape index (κ2) is 5.79. The van der Waals surface area contributed by atoms with Crippen LogP contribution in [0.2, 0.25) is 0 Å². The Hall–Kier alpha value is -0.990. The third-order valence-corrected chi connectivity index (χ3v) is 1.93. The molecule has 0 saturated carbocycles. The number of carboxylic acids is 1. The van der Waals surface area contributed by atoms with Gasteiger partial charge < -0.3 is 10.4 Å². The van der Waals surface area contributed by atoms with Crippen molar-refractivity contribution < 1.29 is 9.90 Å². The fraction of sp³-hybridized carbons (Fsp3) is 0.750. The maximum absolute atomic E-state index is 10.7. The van der Waals surface area contributed by atoms with Gasteiger partial charge in [-0.05, 0) is 33.6 Å². The van der Waals surface area contributed by atoms with Gasteiger partial charge in [-0.15, -0.1) is 0 Å². The lowest BCUT2D eigenvalue weighted by atomic mass is 10.0. The fourth-order valence-corrected chi connectivity index (χ4v) is 1.33. The topological polar surface area (TPSA) is 49.3 Å². The summed E-state index contributed by atoms with van der Waals surface area (Å²) in [6.45, 7) is 10.00. The molecule has 0 fully saturated rings. The van der Waals surface area contributed by atoms with Gasteiger partial charge >= 0.3 is 5.97 Å². The van der Waals surface area contributed by atoms with Crippen LogP contribution in [0.4, 0.5) is 0 Å². The first-order valence-electron chi connectivity index (χ1n) is 5.46. The Labute approximate surface area is 92.6 Å². The van der Waals surface area contributed by atoms with Crippen molar-refractivity contribution in [3.05, 3.63) is 11.8 Å². The van der Waals surface area contributed by atoms with E-state index in [4.69, 9.17) is 5.11 Å². The molecule has 88 valence electrons. The maximum Gasteiger partial charge on any atom is 0.306 e. The van der Waals surface area contributed by atoms with E-state index in [1.165, 1.54) is 0 Å². The quantitative estimate of drug-likeness (QED) is 0.738. The Morgan fingerprint density at radius 1 is 1.47 bits per heavy atom. The fourth-order valence-electron chi connectivity index (χ4n) is 1.33. The summed E-state index contributed by atoms with van der Waals surface area (Å²) < 4.78 is 0. The Bertz CT molecular complexity index is 238. The molecule has 0 bridgehead atoms. The molecule has 0 spiro atoms. The zero-order chi connectivity index (χ0) is 12.1. The van der Waals surface area contributed by atoms with Crippen molar-refractivity contribution >= 4 is 5.97 Å². The van der Waals surface area contributed by atoms with Gasteiger partial charge in [0.15, 0.2) is 0 Å². The number of hydrogen-bond acceptors (Lipinski definition) is 2. The molecular weight excluding hydrogens is 190 g/mol. The first-order chi connectivity index (χ1) is 6.76. The SMILES string of the molecule is CC/C=C(\CC(C)C(=O)O)NC(C)(C)C. The van der Waals surface area contributed by atoms with Crippen LogP contribution in [0.15, 0.2) is 11.8 Å². The summed E-state index contributed by atoms with van der Waals surface area (Å²) in [6.07, 6.45) is 3.55. The van der Waals surface area contributed by atoms with Crippen LogP contribution in [0.1, 0.15) is 47.5 Å². The predicted molar refractivity (Wildman–Crippen MR) is 62.7 cm³/mol. The second-order valence-electron chi connectivity index (χ2n) is 4.96.